The monoisotopic (exact) mass is 258 g/mol. The summed E-state index contributed by atoms with van der Waals surface area (Å²) in [5.41, 5.74) is 0. The minimum atomic E-state index is 1.00. The first-order valence-corrected chi connectivity index (χ1v) is 7.58. The summed E-state index contributed by atoms with van der Waals surface area (Å²) in [7, 11) is 0. The van der Waals surface area contributed by atoms with Crippen LogP contribution in [0, 0.1) is 17.8 Å². The molecule has 0 aromatic heterocycles. The summed E-state index contributed by atoms with van der Waals surface area (Å²) in [6, 6.07) is 0. The van der Waals surface area contributed by atoms with E-state index >= 15 is 0 Å². The van der Waals surface area contributed by atoms with Crippen molar-refractivity contribution in [3.8, 4) is 0 Å². The topological polar surface area (TPSA) is 0 Å². The normalized spacial score (nSPS) is 27.2. The third-order valence-electron chi connectivity index (χ3n) is 4.38. The zero-order valence-corrected chi connectivity index (χ0v) is 10.8. The largest absolute Gasteiger partial charge is 0.0925 e. The summed E-state index contributed by atoms with van der Waals surface area (Å²) < 4.78 is 0. The lowest BCUT2D eigenvalue weighted by Crippen LogP contribution is -2.16. The number of halogens is 1. The molecule has 0 amide bonds. The molecule has 0 heterocycles. The molecule has 0 aliphatic heterocycles. The number of hydrogen-bond donors (Lipinski definition) is 0. The third-order valence-corrected chi connectivity index (χ3v) is 5.21. The molecule has 1 unspecified atom stereocenters. The van der Waals surface area contributed by atoms with Crippen LogP contribution in [0.15, 0.2) is 0 Å². The second-order valence-corrected chi connectivity index (χ2v) is 5.99. The standard InChI is InChI=1S/C13H23Br/c14-10-13(12-7-3-4-8-12)9-11-5-1-2-6-11/h11-13H,1-10H2. The molecule has 2 rings (SSSR count). The maximum absolute atomic E-state index is 3.73. The van der Waals surface area contributed by atoms with E-state index in [1.54, 1.807) is 0 Å². The van der Waals surface area contributed by atoms with Crippen LogP contribution in [-0.2, 0) is 0 Å². The Bertz CT molecular complexity index is 155. The molecule has 2 aliphatic rings. The molecule has 0 spiro atoms. The van der Waals surface area contributed by atoms with Crippen LogP contribution in [0.25, 0.3) is 0 Å². The van der Waals surface area contributed by atoms with Gasteiger partial charge in [0.1, 0.15) is 0 Å². The zero-order valence-electron chi connectivity index (χ0n) is 9.18. The first kappa shape index (κ1) is 11.0. The van der Waals surface area contributed by atoms with E-state index in [-0.39, 0.29) is 0 Å². The van der Waals surface area contributed by atoms with Crippen molar-refractivity contribution in [3.05, 3.63) is 0 Å². The van der Waals surface area contributed by atoms with E-state index < -0.39 is 0 Å². The van der Waals surface area contributed by atoms with E-state index in [4.69, 9.17) is 0 Å². The van der Waals surface area contributed by atoms with Crippen LogP contribution < -0.4 is 0 Å². The molecule has 82 valence electrons. The van der Waals surface area contributed by atoms with Crippen molar-refractivity contribution >= 4 is 15.9 Å². The highest BCUT2D eigenvalue weighted by Gasteiger charge is 2.27. The fourth-order valence-corrected chi connectivity index (χ4v) is 4.28. The van der Waals surface area contributed by atoms with Crippen molar-refractivity contribution < 1.29 is 0 Å². The van der Waals surface area contributed by atoms with Crippen molar-refractivity contribution in [1.29, 1.82) is 0 Å². The molecule has 2 fully saturated rings. The van der Waals surface area contributed by atoms with Crippen molar-refractivity contribution in [3.63, 3.8) is 0 Å². The van der Waals surface area contributed by atoms with E-state index in [2.05, 4.69) is 15.9 Å². The molecule has 0 saturated heterocycles. The van der Waals surface area contributed by atoms with E-state index in [1.807, 2.05) is 0 Å². The van der Waals surface area contributed by atoms with E-state index in [1.165, 1.54) is 63.1 Å². The minimum absolute atomic E-state index is 1.00. The SMILES string of the molecule is BrCC(CC1CCCC1)C1CCCC1. The summed E-state index contributed by atoms with van der Waals surface area (Å²) in [5.74, 6) is 3.15. The molecule has 0 N–H and O–H groups in total. The third kappa shape index (κ3) is 2.74. The summed E-state index contributed by atoms with van der Waals surface area (Å²) in [6.07, 6.45) is 13.6. The molecule has 0 aromatic carbocycles. The van der Waals surface area contributed by atoms with Gasteiger partial charge in [-0.1, -0.05) is 67.3 Å². The summed E-state index contributed by atoms with van der Waals surface area (Å²) in [5, 5.41) is 1.26. The Morgan fingerprint density at radius 2 is 1.50 bits per heavy atom. The Balaban J connectivity index is 1.79. The Labute approximate surface area is 97.0 Å². The molecule has 0 radical (unpaired) electrons. The maximum atomic E-state index is 3.73. The van der Waals surface area contributed by atoms with Crippen LogP contribution in [0.3, 0.4) is 0 Å². The molecular formula is C13H23Br. The quantitative estimate of drug-likeness (QED) is 0.638. The van der Waals surface area contributed by atoms with E-state index in [0.717, 1.165) is 17.8 Å². The van der Waals surface area contributed by atoms with Crippen LogP contribution in [0.2, 0.25) is 0 Å². The first-order chi connectivity index (χ1) is 6.90. The fourth-order valence-electron chi connectivity index (χ4n) is 3.48. The van der Waals surface area contributed by atoms with Crippen molar-refractivity contribution in [1.82, 2.24) is 0 Å². The number of alkyl halides is 1. The van der Waals surface area contributed by atoms with Gasteiger partial charge in [0.15, 0.2) is 0 Å². The smallest absolute Gasteiger partial charge is 0.00624 e. The van der Waals surface area contributed by atoms with Crippen LogP contribution in [0.4, 0.5) is 0 Å². The Morgan fingerprint density at radius 1 is 0.929 bits per heavy atom. The van der Waals surface area contributed by atoms with Gasteiger partial charge in [-0.15, -0.1) is 0 Å². The van der Waals surface area contributed by atoms with Crippen molar-refractivity contribution in [2.75, 3.05) is 5.33 Å². The lowest BCUT2D eigenvalue weighted by Gasteiger charge is -2.24. The van der Waals surface area contributed by atoms with Gasteiger partial charge in [0, 0.05) is 5.33 Å². The number of rotatable bonds is 4. The predicted octanol–water partition coefficient (Wildman–Crippen LogP) is 4.77. The van der Waals surface area contributed by atoms with Gasteiger partial charge in [-0.3, -0.25) is 0 Å². The van der Waals surface area contributed by atoms with Crippen LogP contribution in [0.5, 0.6) is 0 Å². The van der Waals surface area contributed by atoms with Crippen molar-refractivity contribution in [2.45, 2.75) is 57.8 Å². The van der Waals surface area contributed by atoms with Crippen LogP contribution in [0.1, 0.15) is 57.8 Å². The summed E-state index contributed by atoms with van der Waals surface area (Å²) >= 11 is 3.73. The van der Waals surface area contributed by atoms with Gasteiger partial charge in [0.25, 0.3) is 0 Å². The van der Waals surface area contributed by atoms with Crippen molar-refractivity contribution in [2.24, 2.45) is 17.8 Å². The van der Waals surface area contributed by atoms with Gasteiger partial charge < -0.3 is 0 Å². The molecule has 2 saturated carbocycles. The molecule has 14 heavy (non-hydrogen) atoms. The predicted molar refractivity (Wildman–Crippen MR) is 65.8 cm³/mol. The Kier molecular flexibility index (Phi) is 4.34. The van der Waals surface area contributed by atoms with Gasteiger partial charge in [0.05, 0.1) is 0 Å². The van der Waals surface area contributed by atoms with Crippen LogP contribution >= 0.6 is 15.9 Å². The van der Waals surface area contributed by atoms with E-state index in [9.17, 15) is 0 Å². The van der Waals surface area contributed by atoms with Gasteiger partial charge >= 0.3 is 0 Å². The second kappa shape index (κ2) is 5.53. The molecule has 0 bridgehead atoms. The molecular weight excluding hydrogens is 236 g/mol. The molecule has 1 heteroatoms. The molecule has 0 nitrogen and oxygen atoms in total. The summed E-state index contributed by atoms with van der Waals surface area (Å²) in [6.45, 7) is 0. The lowest BCUT2D eigenvalue weighted by molar-refractivity contribution is 0.299. The molecule has 1 atom stereocenters. The highest BCUT2D eigenvalue weighted by atomic mass is 79.9. The Hall–Kier alpha value is 0.480. The average molecular weight is 259 g/mol. The zero-order chi connectivity index (χ0) is 9.80. The minimum Gasteiger partial charge on any atom is -0.0925 e. The van der Waals surface area contributed by atoms with Crippen LogP contribution in [-0.4, -0.2) is 5.33 Å². The summed E-state index contributed by atoms with van der Waals surface area (Å²) in [4.78, 5) is 0. The Morgan fingerprint density at radius 3 is 2.07 bits per heavy atom. The van der Waals surface area contributed by atoms with Gasteiger partial charge in [-0.05, 0) is 24.2 Å². The average Bonchev–Trinajstić information content (AvgIpc) is 2.86. The highest BCUT2D eigenvalue weighted by molar-refractivity contribution is 9.09. The molecule has 0 aromatic rings. The number of hydrogen-bond acceptors (Lipinski definition) is 0. The molecule has 2 aliphatic carbocycles. The first-order valence-electron chi connectivity index (χ1n) is 6.46. The van der Waals surface area contributed by atoms with Gasteiger partial charge in [-0.2, -0.15) is 0 Å². The fraction of sp³-hybridized carbons (Fsp3) is 1.00. The van der Waals surface area contributed by atoms with Gasteiger partial charge in [-0.25, -0.2) is 0 Å². The van der Waals surface area contributed by atoms with Gasteiger partial charge in [0.2, 0.25) is 0 Å². The second-order valence-electron chi connectivity index (χ2n) is 5.35. The highest BCUT2D eigenvalue weighted by Crippen LogP contribution is 2.39. The lowest BCUT2D eigenvalue weighted by atomic mass is 9.84. The maximum Gasteiger partial charge on any atom is 0.00624 e. The van der Waals surface area contributed by atoms with E-state index in [0.29, 0.717) is 0 Å².